The third-order valence-electron chi connectivity index (χ3n) is 5.27. The van der Waals surface area contributed by atoms with Crippen LogP contribution in [0.15, 0.2) is 66.9 Å². The van der Waals surface area contributed by atoms with Crippen molar-refractivity contribution in [2.24, 2.45) is 0 Å². The van der Waals surface area contributed by atoms with Crippen molar-refractivity contribution in [3.8, 4) is 0 Å². The molecule has 0 unspecified atom stereocenters. The average Bonchev–Trinajstić information content (AvgIpc) is 2.96. The van der Waals surface area contributed by atoms with E-state index >= 15 is 0 Å². The number of fused-ring (bicyclic) bond motifs is 1. The molecule has 4 rings (SSSR count). The van der Waals surface area contributed by atoms with E-state index in [4.69, 9.17) is 0 Å². The summed E-state index contributed by atoms with van der Waals surface area (Å²) in [5.74, 6) is 0.439. The highest BCUT2D eigenvalue weighted by Gasteiger charge is 2.17. The van der Waals surface area contributed by atoms with Gasteiger partial charge in [-0.05, 0) is 50.1 Å². The molecule has 1 N–H and O–H groups in total. The number of aryl methyl sites for hydroxylation is 2. The van der Waals surface area contributed by atoms with Crippen molar-refractivity contribution in [3.05, 3.63) is 94.8 Å². The Bertz CT molecular complexity index is 1150. The van der Waals surface area contributed by atoms with Crippen molar-refractivity contribution in [3.63, 3.8) is 0 Å². The van der Waals surface area contributed by atoms with Crippen LogP contribution < -0.4 is 5.32 Å². The summed E-state index contributed by atoms with van der Waals surface area (Å²) in [5.41, 5.74) is 6.42. The molecule has 0 fully saturated rings. The molecule has 0 saturated carbocycles. The van der Waals surface area contributed by atoms with E-state index in [1.54, 1.807) is 18.3 Å². The molecule has 0 atom stereocenters. The van der Waals surface area contributed by atoms with Crippen LogP contribution in [0, 0.1) is 20.8 Å². The van der Waals surface area contributed by atoms with Gasteiger partial charge < -0.3 is 9.88 Å². The normalized spacial score (nSPS) is 10.6. The number of aromatic nitrogens is 2. The number of rotatable bonds is 4. The molecular weight excluding hydrogens is 382 g/mol. The summed E-state index contributed by atoms with van der Waals surface area (Å²) in [4.78, 5) is 17.2. The first-order valence-electron chi connectivity index (χ1n) is 9.41. The van der Waals surface area contributed by atoms with E-state index in [1.807, 2.05) is 24.3 Å². The molecule has 0 aliphatic carbocycles. The average molecular weight is 406 g/mol. The first-order valence-corrected chi connectivity index (χ1v) is 9.41. The van der Waals surface area contributed by atoms with Gasteiger partial charge in [0, 0.05) is 29.4 Å². The molecule has 29 heavy (non-hydrogen) atoms. The van der Waals surface area contributed by atoms with Gasteiger partial charge in [-0.15, -0.1) is 12.4 Å². The molecule has 0 spiro atoms. The minimum absolute atomic E-state index is 0. The molecule has 0 aliphatic heterocycles. The SMILES string of the molecule is Cc1ccc(Cn2c(C)c(C)c3ccnc(NC(=O)c4ccccc4)c32)cc1.Cl. The monoisotopic (exact) mass is 405 g/mol. The smallest absolute Gasteiger partial charge is 0.256 e. The Labute approximate surface area is 177 Å². The van der Waals surface area contributed by atoms with Crippen LogP contribution in [0.2, 0.25) is 0 Å². The zero-order valence-corrected chi connectivity index (χ0v) is 17.6. The van der Waals surface area contributed by atoms with Gasteiger partial charge in [0.1, 0.15) is 0 Å². The number of carbonyl (C=O) groups excluding carboxylic acids is 1. The summed E-state index contributed by atoms with van der Waals surface area (Å²) < 4.78 is 2.24. The van der Waals surface area contributed by atoms with Gasteiger partial charge in [0.15, 0.2) is 5.82 Å². The van der Waals surface area contributed by atoms with Crippen molar-refractivity contribution in [1.29, 1.82) is 0 Å². The van der Waals surface area contributed by atoms with E-state index in [2.05, 4.69) is 59.9 Å². The summed E-state index contributed by atoms with van der Waals surface area (Å²) in [6, 6.07) is 19.8. The standard InChI is InChI=1S/C24H23N3O.ClH/c1-16-9-11-19(12-10-16)15-27-18(3)17(2)21-13-14-25-23(22(21)27)26-24(28)20-7-5-4-6-8-20;/h4-14H,15H2,1-3H3,(H,25,26,28);1H. The summed E-state index contributed by atoms with van der Waals surface area (Å²) in [7, 11) is 0. The van der Waals surface area contributed by atoms with Crippen molar-refractivity contribution in [2.75, 3.05) is 5.32 Å². The molecule has 4 aromatic rings. The lowest BCUT2D eigenvalue weighted by atomic mass is 10.1. The second-order valence-corrected chi connectivity index (χ2v) is 7.16. The Morgan fingerprint density at radius 3 is 2.34 bits per heavy atom. The molecule has 0 saturated heterocycles. The van der Waals surface area contributed by atoms with Crippen LogP contribution in [0.3, 0.4) is 0 Å². The number of benzene rings is 2. The lowest BCUT2D eigenvalue weighted by molar-refractivity contribution is 0.102. The van der Waals surface area contributed by atoms with E-state index in [0.717, 1.165) is 17.4 Å². The number of hydrogen-bond donors (Lipinski definition) is 1. The molecule has 0 aliphatic rings. The first-order chi connectivity index (χ1) is 13.5. The van der Waals surface area contributed by atoms with Gasteiger partial charge >= 0.3 is 0 Å². The number of hydrogen-bond acceptors (Lipinski definition) is 2. The molecule has 148 valence electrons. The maximum absolute atomic E-state index is 12.7. The van der Waals surface area contributed by atoms with Crippen LogP contribution in [0.4, 0.5) is 5.82 Å². The molecular formula is C24H24ClN3O. The third-order valence-corrected chi connectivity index (χ3v) is 5.27. The highest BCUT2D eigenvalue weighted by molar-refractivity contribution is 6.08. The predicted octanol–water partition coefficient (Wildman–Crippen LogP) is 5.68. The topological polar surface area (TPSA) is 46.9 Å². The highest BCUT2D eigenvalue weighted by Crippen LogP contribution is 2.30. The Balaban J connectivity index is 0.00000240. The lowest BCUT2D eigenvalue weighted by Crippen LogP contribution is -2.14. The van der Waals surface area contributed by atoms with Crippen molar-refractivity contribution < 1.29 is 4.79 Å². The number of amides is 1. The van der Waals surface area contributed by atoms with E-state index in [-0.39, 0.29) is 18.3 Å². The maximum atomic E-state index is 12.7. The molecule has 0 bridgehead atoms. The van der Waals surface area contributed by atoms with Gasteiger partial charge in [0.05, 0.1) is 5.52 Å². The fraction of sp³-hybridized carbons (Fsp3) is 0.167. The first kappa shape index (κ1) is 20.6. The second kappa shape index (κ2) is 8.50. The quantitative estimate of drug-likeness (QED) is 0.474. The highest BCUT2D eigenvalue weighted by atomic mass is 35.5. The molecule has 2 aromatic heterocycles. The van der Waals surface area contributed by atoms with Gasteiger partial charge in [-0.1, -0.05) is 48.0 Å². The van der Waals surface area contributed by atoms with Gasteiger partial charge in [-0.2, -0.15) is 0 Å². The Kier molecular flexibility index (Phi) is 6.04. The summed E-state index contributed by atoms with van der Waals surface area (Å²) in [6.07, 6.45) is 1.76. The van der Waals surface area contributed by atoms with Crippen LogP contribution >= 0.6 is 12.4 Å². The van der Waals surface area contributed by atoms with E-state index < -0.39 is 0 Å². The number of anilines is 1. The Morgan fingerprint density at radius 1 is 0.966 bits per heavy atom. The third kappa shape index (κ3) is 4.03. The molecule has 1 amide bonds. The van der Waals surface area contributed by atoms with E-state index in [0.29, 0.717) is 11.4 Å². The zero-order chi connectivity index (χ0) is 19.7. The number of halogens is 1. The molecule has 2 aromatic carbocycles. The molecule has 0 radical (unpaired) electrons. The van der Waals surface area contributed by atoms with Crippen molar-refractivity contribution in [1.82, 2.24) is 9.55 Å². The maximum Gasteiger partial charge on any atom is 0.256 e. The minimum Gasteiger partial charge on any atom is -0.337 e. The van der Waals surface area contributed by atoms with E-state index in [9.17, 15) is 4.79 Å². The zero-order valence-electron chi connectivity index (χ0n) is 16.8. The number of nitrogens with one attached hydrogen (secondary N) is 1. The summed E-state index contributed by atoms with van der Waals surface area (Å²) in [5, 5.41) is 4.12. The number of carbonyl (C=O) groups is 1. The van der Waals surface area contributed by atoms with Gasteiger partial charge in [0.2, 0.25) is 0 Å². The fourth-order valence-electron chi connectivity index (χ4n) is 3.53. The minimum atomic E-state index is -0.154. The van der Waals surface area contributed by atoms with Crippen LogP contribution in [0.5, 0.6) is 0 Å². The van der Waals surface area contributed by atoms with Crippen molar-refractivity contribution in [2.45, 2.75) is 27.3 Å². The van der Waals surface area contributed by atoms with Gasteiger partial charge in [0.25, 0.3) is 5.91 Å². The summed E-state index contributed by atoms with van der Waals surface area (Å²) in [6.45, 7) is 7.06. The van der Waals surface area contributed by atoms with Crippen molar-refractivity contribution >= 4 is 35.0 Å². The fourth-order valence-corrected chi connectivity index (χ4v) is 3.53. The van der Waals surface area contributed by atoms with E-state index in [1.165, 1.54) is 22.4 Å². The second-order valence-electron chi connectivity index (χ2n) is 7.16. The van der Waals surface area contributed by atoms with Gasteiger partial charge in [-0.25, -0.2) is 4.98 Å². The van der Waals surface area contributed by atoms with Gasteiger partial charge in [-0.3, -0.25) is 4.79 Å². The Morgan fingerprint density at radius 2 is 1.66 bits per heavy atom. The summed E-state index contributed by atoms with van der Waals surface area (Å²) >= 11 is 0. The van der Waals surface area contributed by atoms with Crippen LogP contribution in [-0.2, 0) is 6.54 Å². The lowest BCUT2D eigenvalue weighted by Gasteiger charge is -2.12. The van der Waals surface area contributed by atoms with Crippen LogP contribution in [-0.4, -0.2) is 15.5 Å². The molecule has 5 heteroatoms. The Hall–Kier alpha value is -3.11. The number of pyridine rings is 1. The molecule has 2 heterocycles. The number of nitrogens with zero attached hydrogens (tertiary/aromatic N) is 2. The predicted molar refractivity (Wildman–Crippen MR) is 121 cm³/mol. The van der Waals surface area contributed by atoms with Crippen LogP contribution in [0.25, 0.3) is 10.9 Å². The molecule has 4 nitrogen and oxygen atoms in total. The van der Waals surface area contributed by atoms with Crippen LogP contribution in [0.1, 0.15) is 32.7 Å². The largest absolute Gasteiger partial charge is 0.337 e.